The second-order valence-corrected chi connectivity index (χ2v) is 7.38. The van der Waals surface area contributed by atoms with Crippen LogP contribution in [0.2, 0.25) is 0 Å². The number of carbonyl (C=O) groups is 1. The number of nitrogens with one attached hydrogen (secondary N) is 1. The maximum atomic E-state index is 12.5. The molecule has 1 unspecified atom stereocenters. The molecule has 0 radical (unpaired) electrons. The van der Waals surface area contributed by atoms with Gasteiger partial charge in [-0.3, -0.25) is 4.90 Å². The molecule has 2 aliphatic heterocycles. The van der Waals surface area contributed by atoms with Gasteiger partial charge in [0.25, 0.3) is 0 Å². The van der Waals surface area contributed by atoms with Gasteiger partial charge < -0.3 is 15.0 Å². The van der Waals surface area contributed by atoms with E-state index in [4.69, 9.17) is 4.74 Å². The highest BCUT2D eigenvalue weighted by molar-refractivity contribution is 5.74. The lowest BCUT2D eigenvalue weighted by molar-refractivity contribution is 0.173. The highest BCUT2D eigenvalue weighted by atomic mass is 16.5. The summed E-state index contributed by atoms with van der Waals surface area (Å²) in [5.74, 6) is 0.829. The smallest absolute Gasteiger partial charge is 0.317 e. The standard InChI is InChI=1S/C22H27N3O2/c1-27-21-8-6-17(7-9-21)14-23-22(26)25-13-11-20(16-25)24-12-10-18-4-2-3-5-19(18)15-24/h2-9,20H,10-16H2,1H3,(H,23,26). The van der Waals surface area contributed by atoms with Crippen molar-refractivity contribution in [1.82, 2.24) is 15.1 Å². The number of urea groups is 1. The molecule has 1 saturated heterocycles. The molecule has 2 aromatic rings. The van der Waals surface area contributed by atoms with Crippen LogP contribution in [-0.2, 0) is 19.5 Å². The summed E-state index contributed by atoms with van der Waals surface area (Å²) in [6.07, 6.45) is 2.16. The highest BCUT2D eigenvalue weighted by Gasteiger charge is 2.31. The van der Waals surface area contributed by atoms with Crippen LogP contribution in [-0.4, -0.2) is 48.6 Å². The molecule has 2 aromatic carbocycles. The van der Waals surface area contributed by atoms with Crippen LogP contribution in [0.15, 0.2) is 48.5 Å². The van der Waals surface area contributed by atoms with E-state index in [2.05, 4.69) is 34.5 Å². The third kappa shape index (κ3) is 4.08. The Balaban J connectivity index is 1.28. The molecule has 4 rings (SSSR count). The van der Waals surface area contributed by atoms with Crippen molar-refractivity contribution in [3.05, 3.63) is 65.2 Å². The van der Waals surface area contributed by atoms with Crippen molar-refractivity contribution in [2.24, 2.45) is 0 Å². The van der Waals surface area contributed by atoms with E-state index in [0.29, 0.717) is 12.6 Å². The lowest BCUT2D eigenvalue weighted by Crippen LogP contribution is -2.43. The van der Waals surface area contributed by atoms with E-state index in [9.17, 15) is 4.79 Å². The van der Waals surface area contributed by atoms with Gasteiger partial charge in [-0.1, -0.05) is 36.4 Å². The number of ether oxygens (including phenoxy) is 1. The first-order valence-corrected chi connectivity index (χ1v) is 9.69. The Morgan fingerprint density at radius 3 is 2.67 bits per heavy atom. The molecule has 142 valence electrons. The van der Waals surface area contributed by atoms with E-state index in [-0.39, 0.29) is 6.03 Å². The van der Waals surface area contributed by atoms with Crippen molar-refractivity contribution in [3.8, 4) is 5.75 Å². The van der Waals surface area contributed by atoms with E-state index < -0.39 is 0 Å². The number of hydrogen-bond acceptors (Lipinski definition) is 3. The van der Waals surface area contributed by atoms with Gasteiger partial charge in [-0.2, -0.15) is 0 Å². The van der Waals surface area contributed by atoms with Crippen LogP contribution >= 0.6 is 0 Å². The topological polar surface area (TPSA) is 44.8 Å². The molecule has 0 spiro atoms. The number of likely N-dealkylation sites (tertiary alicyclic amines) is 1. The Bertz CT molecular complexity index is 790. The number of methoxy groups -OCH3 is 1. The SMILES string of the molecule is COc1ccc(CNC(=O)N2CCC(N3CCc4ccccc4C3)C2)cc1. The predicted octanol–water partition coefficient (Wildman–Crippen LogP) is 3.04. The van der Waals surface area contributed by atoms with Crippen LogP contribution in [0.4, 0.5) is 4.79 Å². The van der Waals surface area contributed by atoms with Gasteiger partial charge in [0.1, 0.15) is 5.75 Å². The molecule has 0 saturated carbocycles. The molecular weight excluding hydrogens is 338 g/mol. The minimum atomic E-state index is 0.0331. The van der Waals surface area contributed by atoms with Crippen molar-refractivity contribution in [2.75, 3.05) is 26.7 Å². The minimum Gasteiger partial charge on any atom is -0.497 e. The van der Waals surface area contributed by atoms with Gasteiger partial charge in [-0.15, -0.1) is 0 Å². The maximum Gasteiger partial charge on any atom is 0.317 e. The van der Waals surface area contributed by atoms with Crippen LogP contribution in [0, 0.1) is 0 Å². The molecule has 0 aliphatic carbocycles. The van der Waals surface area contributed by atoms with Gasteiger partial charge in [0.2, 0.25) is 0 Å². The van der Waals surface area contributed by atoms with Crippen molar-refractivity contribution in [2.45, 2.75) is 32.0 Å². The minimum absolute atomic E-state index is 0.0331. The molecule has 5 nitrogen and oxygen atoms in total. The number of fused-ring (bicyclic) bond motifs is 1. The Kier molecular flexibility index (Phi) is 5.30. The fourth-order valence-corrected chi connectivity index (χ4v) is 4.09. The monoisotopic (exact) mass is 365 g/mol. The van der Waals surface area contributed by atoms with E-state index >= 15 is 0 Å². The summed E-state index contributed by atoms with van der Waals surface area (Å²) < 4.78 is 5.17. The first-order chi connectivity index (χ1) is 13.2. The molecular formula is C22H27N3O2. The summed E-state index contributed by atoms with van der Waals surface area (Å²) in [6.45, 7) is 4.28. The first-order valence-electron chi connectivity index (χ1n) is 9.69. The lowest BCUT2D eigenvalue weighted by atomic mass is 9.98. The summed E-state index contributed by atoms with van der Waals surface area (Å²) in [5.41, 5.74) is 3.99. The Morgan fingerprint density at radius 2 is 1.89 bits per heavy atom. The zero-order chi connectivity index (χ0) is 18.6. The average molecular weight is 365 g/mol. The number of nitrogens with zero attached hydrogens (tertiary/aromatic N) is 2. The molecule has 5 heteroatoms. The summed E-state index contributed by atoms with van der Waals surface area (Å²) in [4.78, 5) is 17.0. The van der Waals surface area contributed by atoms with Crippen molar-refractivity contribution < 1.29 is 9.53 Å². The molecule has 2 heterocycles. The summed E-state index contributed by atoms with van der Waals surface area (Å²) >= 11 is 0. The fraction of sp³-hybridized carbons (Fsp3) is 0.409. The number of hydrogen-bond donors (Lipinski definition) is 1. The van der Waals surface area contributed by atoms with Crippen molar-refractivity contribution in [1.29, 1.82) is 0 Å². The Labute approximate surface area is 160 Å². The fourth-order valence-electron chi connectivity index (χ4n) is 4.09. The van der Waals surface area contributed by atoms with Crippen LogP contribution in [0.5, 0.6) is 5.75 Å². The van der Waals surface area contributed by atoms with E-state index in [1.807, 2.05) is 29.2 Å². The Morgan fingerprint density at radius 1 is 1.11 bits per heavy atom. The number of carbonyl (C=O) groups excluding carboxylic acids is 1. The van der Waals surface area contributed by atoms with Crippen LogP contribution < -0.4 is 10.1 Å². The van der Waals surface area contributed by atoms with Gasteiger partial charge in [0.15, 0.2) is 0 Å². The number of rotatable bonds is 4. The lowest BCUT2D eigenvalue weighted by Gasteiger charge is -2.33. The van der Waals surface area contributed by atoms with Gasteiger partial charge in [-0.25, -0.2) is 4.79 Å². The largest absolute Gasteiger partial charge is 0.497 e. The predicted molar refractivity (Wildman–Crippen MR) is 106 cm³/mol. The van der Waals surface area contributed by atoms with Gasteiger partial charge in [0.05, 0.1) is 7.11 Å². The molecule has 0 bridgehead atoms. The second kappa shape index (κ2) is 8.01. The van der Waals surface area contributed by atoms with Crippen LogP contribution in [0.1, 0.15) is 23.1 Å². The van der Waals surface area contributed by atoms with Gasteiger partial charge in [0, 0.05) is 38.8 Å². The highest BCUT2D eigenvalue weighted by Crippen LogP contribution is 2.24. The third-order valence-electron chi connectivity index (χ3n) is 5.73. The van der Waals surface area contributed by atoms with Crippen molar-refractivity contribution in [3.63, 3.8) is 0 Å². The summed E-state index contributed by atoms with van der Waals surface area (Å²) in [7, 11) is 1.65. The summed E-state index contributed by atoms with van der Waals surface area (Å²) in [6, 6.07) is 17.0. The summed E-state index contributed by atoms with van der Waals surface area (Å²) in [5, 5.41) is 3.05. The van der Waals surface area contributed by atoms with E-state index in [1.54, 1.807) is 7.11 Å². The number of benzene rings is 2. The van der Waals surface area contributed by atoms with Crippen LogP contribution in [0.25, 0.3) is 0 Å². The number of amides is 2. The zero-order valence-corrected chi connectivity index (χ0v) is 15.9. The molecule has 2 amide bonds. The first kappa shape index (κ1) is 17.9. The van der Waals surface area contributed by atoms with Crippen molar-refractivity contribution >= 4 is 6.03 Å². The van der Waals surface area contributed by atoms with E-state index in [1.165, 1.54) is 11.1 Å². The maximum absolute atomic E-state index is 12.5. The Hall–Kier alpha value is -2.53. The second-order valence-electron chi connectivity index (χ2n) is 7.38. The normalized spacial score (nSPS) is 19.6. The molecule has 0 aromatic heterocycles. The molecule has 1 N–H and O–H groups in total. The van der Waals surface area contributed by atoms with E-state index in [0.717, 1.165) is 50.3 Å². The molecule has 27 heavy (non-hydrogen) atoms. The molecule has 1 atom stereocenters. The van der Waals surface area contributed by atoms with Gasteiger partial charge in [-0.05, 0) is 41.7 Å². The van der Waals surface area contributed by atoms with Gasteiger partial charge >= 0.3 is 6.03 Å². The van der Waals surface area contributed by atoms with Crippen LogP contribution in [0.3, 0.4) is 0 Å². The molecule has 1 fully saturated rings. The molecule has 2 aliphatic rings. The quantitative estimate of drug-likeness (QED) is 0.906. The average Bonchev–Trinajstić information content (AvgIpc) is 3.22. The zero-order valence-electron chi connectivity index (χ0n) is 15.9. The third-order valence-corrected chi connectivity index (χ3v) is 5.73.